The van der Waals surface area contributed by atoms with E-state index in [2.05, 4.69) is 88.4 Å². The van der Waals surface area contributed by atoms with Gasteiger partial charge in [0.2, 0.25) is 5.71 Å². The van der Waals surface area contributed by atoms with Crippen molar-refractivity contribution in [3.8, 4) is 22.4 Å². The Bertz CT molecular complexity index is 1400. The lowest BCUT2D eigenvalue weighted by Gasteiger charge is -2.09. The Morgan fingerprint density at radius 3 is 2.43 bits per heavy atom. The van der Waals surface area contributed by atoms with Gasteiger partial charge in [0.05, 0.1) is 5.69 Å². The molecule has 0 atom stereocenters. The summed E-state index contributed by atoms with van der Waals surface area (Å²) in [5, 5.41) is 2.13. The minimum atomic E-state index is 0.358. The maximum absolute atomic E-state index is 6.32. The number of rotatable bonds is 3. The van der Waals surface area contributed by atoms with Gasteiger partial charge >= 0.3 is 0 Å². The standard InChI is InChI=1S/C27H24N2O/c1-16(2)23-11-10-22-21-9-8-18(4)25(26(21)30-27(22)29-23)24-15-20(12-13-28-24)19-7-5-6-17(3)14-19/h5-16H,1-4H3. The van der Waals surface area contributed by atoms with E-state index in [9.17, 15) is 0 Å². The van der Waals surface area contributed by atoms with E-state index in [1.165, 1.54) is 11.1 Å². The molecular formula is C27H24N2O. The van der Waals surface area contributed by atoms with Crippen molar-refractivity contribution >= 4 is 22.1 Å². The van der Waals surface area contributed by atoms with Crippen molar-refractivity contribution in [3.05, 3.63) is 83.7 Å². The van der Waals surface area contributed by atoms with Crippen LogP contribution in [0.5, 0.6) is 0 Å². The van der Waals surface area contributed by atoms with E-state index in [1.807, 2.05) is 6.20 Å². The number of benzene rings is 2. The molecule has 148 valence electrons. The molecule has 0 aliphatic rings. The molecule has 30 heavy (non-hydrogen) atoms. The number of aromatic nitrogens is 2. The van der Waals surface area contributed by atoms with Crippen molar-refractivity contribution in [3.63, 3.8) is 0 Å². The van der Waals surface area contributed by atoms with E-state index in [0.717, 1.165) is 44.4 Å². The zero-order valence-electron chi connectivity index (χ0n) is 17.7. The second-order valence-electron chi connectivity index (χ2n) is 8.28. The molecule has 3 heterocycles. The van der Waals surface area contributed by atoms with Gasteiger partial charge in [0, 0.05) is 28.2 Å². The lowest BCUT2D eigenvalue weighted by molar-refractivity contribution is 0.648. The zero-order chi connectivity index (χ0) is 20.8. The molecule has 0 unspecified atom stereocenters. The molecule has 2 aromatic carbocycles. The first kappa shape index (κ1) is 18.6. The van der Waals surface area contributed by atoms with Crippen LogP contribution < -0.4 is 0 Å². The van der Waals surface area contributed by atoms with Crippen LogP contribution in [-0.2, 0) is 0 Å². The molecule has 0 aliphatic carbocycles. The molecule has 0 aliphatic heterocycles. The third kappa shape index (κ3) is 3.07. The highest BCUT2D eigenvalue weighted by atomic mass is 16.3. The molecule has 0 N–H and O–H groups in total. The van der Waals surface area contributed by atoms with E-state index < -0.39 is 0 Å². The summed E-state index contributed by atoms with van der Waals surface area (Å²) in [7, 11) is 0. The Labute approximate surface area is 176 Å². The number of pyridine rings is 2. The Morgan fingerprint density at radius 1 is 0.833 bits per heavy atom. The molecule has 0 bridgehead atoms. The second kappa shape index (κ2) is 7.10. The van der Waals surface area contributed by atoms with Gasteiger partial charge in [0.25, 0.3) is 0 Å². The fraction of sp³-hybridized carbons (Fsp3) is 0.185. The number of nitrogens with zero attached hydrogens (tertiary/aromatic N) is 2. The highest BCUT2D eigenvalue weighted by molar-refractivity contribution is 6.09. The van der Waals surface area contributed by atoms with Crippen molar-refractivity contribution in [1.29, 1.82) is 0 Å². The van der Waals surface area contributed by atoms with Crippen LogP contribution in [0.25, 0.3) is 44.5 Å². The van der Waals surface area contributed by atoms with Crippen LogP contribution in [0, 0.1) is 13.8 Å². The number of furan rings is 1. The van der Waals surface area contributed by atoms with Crippen molar-refractivity contribution < 1.29 is 4.42 Å². The summed E-state index contributed by atoms with van der Waals surface area (Å²) in [5.41, 5.74) is 9.26. The van der Waals surface area contributed by atoms with Gasteiger partial charge < -0.3 is 4.42 Å². The van der Waals surface area contributed by atoms with Crippen LogP contribution in [0.15, 0.2) is 71.3 Å². The number of aryl methyl sites for hydroxylation is 2. The number of fused-ring (bicyclic) bond motifs is 3. The van der Waals surface area contributed by atoms with Gasteiger partial charge in [-0.25, -0.2) is 4.98 Å². The quantitative estimate of drug-likeness (QED) is 0.320. The summed E-state index contributed by atoms with van der Waals surface area (Å²) in [4.78, 5) is 9.47. The molecule has 5 rings (SSSR count). The van der Waals surface area contributed by atoms with E-state index >= 15 is 0 Å². The summed E-state index contributed by atoms with van der Waals surface area (Å²) < 4.78 is 6.32. The number of hydrogen-bond donors (Lipinski definition) is 0. The molecule has 0 radical (unpaired) electrons. The largest absolute Gasteiger partial charge is 0.437 e. The Balaban J connectivity index is 1.73. The van der Waals surface area contributed by atoms with Gasteiger partial charge in [0.1, 0.15) is 5.58 Å². The first-order valence-corrected chi connectivity index (χ1v) is 10.4. The maximum Gasteiger partial charge on any atom is 0.227 e. The van der Waals surface area contributed by atoms with Crippen molar-refractivity contribution in [2.75, 3.05) is 0 Å². The summed E-state index contributed by atoms with van der Waals surface area (Å²) in [6.07, 6.45) is 1.88. The zero-order valence-corrected chi connectivity index (χ0v) is 17.7. The van der Waals surface area contributed by atoms with Gasteiger partial charge in [-0.15, -0.1) is 0 Å². The van der Waals surface area contributed by atoms with E-state index in [0.29, 0.717) is 11.6 Å². The highest BCUT2D eigenvalue weighted by Crippen LogP contribution is 2.38. The second-order valence-corrected chi connectivity index (χ2v) is 8.28. The first-order valence-electron chi connectivity index (χ1n) is 10.4. The highest BCUT2D eigenvalue weighted by Gasteiger charge is 2.17. The van der Waals surface area contributed by atoms with E-state index in [4.69, 9.17) is 14.4 Å². The molecule has 3 aromatic heterocycles. The van der Waals surface area contributed by atoms with Crippen LogP contribution in [-0.4, -0.2) is 9.97 Å². The van der Waals surface area contributed by atoms with Crippen LogP contribution in [0.4, 0.5) is 0 Å². The molecule has 0 saturated carbocycles. The molecule has 5 aromatic rings. The maximum atomic E-state index is 6.32. The van der Waals surface area contributed by atoms with Crippen LogP contribution >= 0.6 is 0 Å². The summed E-state index contributed by atoms with van der Waals surface area (Å²) in [6, 6.07) is 21.2. The van der Waals surface area contributed by atoms with Crippen LogP contribution in [0.3, 0.4) is 0 Å². The van der Waals surface area contributed by atoms with Gasteiger partial charge in [-0.3, -0.25) is 4.98 Å². The lowest BCUT2D eigenvalue weighted by Crippen LogP contribution is -1.90. The van der Waals surface area contributed by atoms with Crippen molar-refractivity contribution in [1.82, 2.24) is 9.97 Å². The van der Waals surface area contributed by atoms with Crippen molar-refractivity contribution in [2.24, 2.45) is 0 Å². The van der Waals surface area contributed by atoms with E-state index in [-0.39, 0.29) is 0 Å². The Hall–Kier alpha value is -3.46. The minimum Gasteiger partial charge on any atom is -0.437 e. The topological polar surface area (TPSA) is 38.9 Å². The average molecular weight is 393 g/mol. The Morgan fingerprint density at radius 2 is 1.63 bits per heavy atom. The minimum absolute atomic E-state index is 0.358. The Kier molecular flexibility index (Phi) is 4.39. The molecule has 0 spiro atoms. The molecule has 0 amide bonds. The third-order valence-corrected chi connectivity index (χ3v) is 5.70. The van der Waals surface area contributed by atoms with Gasteiger partial charge in [-0.2, -0.15) is 0 Å². The molecule has 0 saturated heterocycles. The lowest BCUT2D eigenvalue weighted by atomic mass is 9.98. The van der Waals surface area contributed by atoms with Gasteiger partial charge in [0.15, 0.2) is 0 Å². The molecule has 3 nitrogen and oxygen atoms in total. The fourth-order valence-electron chi connectivity index (χ4n) is 4.04. The van der Waals surface area contributed by atoms with Crippen LogP contribution in [0.2, 0.25) is 0 Å². The summed E-state index contributed by atoms with van der Waals surface area (Å²) in [6.45, 7) is 8.51. The van der Waals surface area contributed by atoms with Gasteiger partial charge in [-0.05, 0) is 60.7 Å². The van der Waals surface area contributed by atoms with E-state index in [1.54, 1.807) is 0 Å². The smallest absolute Gasteiger partial charge is 0.227 e. The normalized spacial score (nSPS) is 11.6. The predicted molar refractivity (Wildman–Crippen MR) is 124 cm³/mol. The SMILES string of the molecule is Cc1cccc(-c2ccnc(-c3c(C)ccc4c3oc3nc(C(C)C)ccc34)c2)c1. The van der Waals surface area contributed by atoms with Gasteiger partial charge in [-0.1, -0.05) is 55.8 Å². The number of hydrogen-bond acceptors (Lipinski definition) is 3. The predicted octanol–water partition coefficient (Wildman–Crippen LogP) is 7.45. The molecule has 0 fully saturated rings. The summed E-state index contributed by atoms with van der Waals surface area (Å²) in [5.74, 6) is 0.358. The van der Waals surface area contributed by atoms with Crippen LogP contribution in [0.1, 0.15) is 36.6 Å². The monoisotopic (exact) mass is 392 g/mol. The third-order valence-electron chi connectivity index (χ3n) is 5.70. The molecular weight excluding hydrogens is 368 g/mol. The summed E-state index contributed by atoms with van der Waals surface area (Å²) >= 11 is 0. The molecule has 3 heteroatoms. The first-order chi connectivity index (χ1) is 14.5. The average Bonchev–Trinajstić information content (AvgIpc) is 3.11. The van der Waals surface area contributed by atoms with Crippen molar-refractivity contribution in [2.45, 2.75) is 33.6 Å². The fourth-order valence-corrected chi connectivity index (χ4v) is 4.04.